The molecule has 8 unspecified atom stereocenters. The number of carbonyl (C=O) groups is 2. The van der Waals surface area contributed by atoms with Crippen LogP contribution in [0.3, 0.4) is 0 Å². The van der Waals surface area contributed by atoms with Gasteiger partial charge >= 0.3 is 11.9 Å². The van der Waals surface area contributed by atoms with E-state index in [2.05, 4.69) is 174 Å². The highest BCUT2D eigenvalue weighted by Crippen LogP contribution is 2.42. The maximum absolute atomic E-state index is 13.2. The molecule has 0 N–H and O–H groups in total. The van der Waals surface area contributed by atoms with Gasteiger partial charge in [-0.1, -0.05) is 79.1 Å². The fourth-order valence-electron chi connectivity index (χ4n) is 10.6. The van der Waals surface area contributed by atoms with E-state index < -0.39 is 0 Å². The molecule has 2 aliphatic carbocycles. The summed E-state index contributed by atoms with van der Waals surface area (Å²) in [6, 6.07) is 0. The van der Waals surface area contributed by atoms with Crippen molar-refractivity contribution in [2.75, 3.05) is 142 Å². The smallest absolute Gasteiger partial charge is 0.308 e. The Labute approximate surface area is 497 Å². The van der Waals surface area contributed by atoms with E-state index in [9.17, 15) is 9.59 Å². The van der Waals surface area contributed by atoms with Crippen LogP contribution < -0.4 is 0 Å². The third kappa shape index (κ3) is 37.9. The lowest BCUT2D eigenvalue weighted by molar-refractivity contribution is -0.150. The molecule has 0 aromatic heterocycles. The van der Waals surface area contributed by atoms with Crippen molar-refractivity contribution in [3.8, 4) is 0 Å². The number of hydrogen-bond donors (Lipinski definition) is 0. The normalized spacial score (nSPS) is 21.2. The largest absolute Gasteiger partial charge is 0.465 e. The third-order valence-electron chi connectivity index (χ3n) is 15.8. The minimum absolute atomic E-state index is 0.0778. The van der Waals surface area contributed by atoms with Crippen molar-refractivity contribution < 1.29 is 19.1 Å². The first-order chi connectivity index (χ1) is 36.6. The molecule has 0 saturated heterocycles. The summed E-state index contributed by atoms with van der Waals surface area (Å²) in [6.45, 7) is 15.3. The fourth-order valence-corrected chi connectivity index (χ4v) is 19.0. The number of carbonyl (C=O) groups excluding carboxylic acids is 2. The summed E-state index contributed by atoms with van der Waals surface area (Å²) in [4.78, 5) is 35.6. The average Bonchev–Trinajstić information content (AvgIpc) is 3.36. The summed E-state index contributed by atoms with van der Waals surface area (Å²) in [5.74, 6) is 13.0. The highest BCUT2D eigenvalue weighted by molar-refractivity contribution is 8.00. The van der Waals surface area contributed by atoms with Gasteiger partial charge in [-0.05, 0) is 206 Å². The Kier molecular flexibility index (Phi) is 45.4. The summed E-state index contributed by atoms with van der Waals surface area (Å²) in [5.41, 5.74) is 0. The van der Waals surface area contributed by atoms with Gasteiger partial charge in [-0.25, -0.2) is 0 Å². The van der Waals surface area contributed by atoms with E-state index in [0.29, 0.717) is 47.4 Å². The molecule has 0 radical (unpaired) electrons. The second-order valence-corrected chi connectivity index (χ2v) is 32.4. The van der Waals surface area contributed by atoms with E-state index >= 15 is 0 Å². The lowest BCUT2D eigenvalue weighted by atomic mass is 9.79. The Hall–Kier alpha value is 0.880. The van der Waals surface area contributed by atoms with E-state index in [1.807, 2.05) is 0 Å². The van der Waals surface area contributed by atoms with Gasteiger partial charge in [-0.3, -0.25) is 9.59 Å². The number of rotatable bonds is 49. The summed E-state index contributed by atoms with van der Waals surface area (Å²) in [5, 5.41) is 2.59. The lowest BCUT2D eigenvalue weighted by Crippen LogP contribution is -2.33. The van der Waals surface area contributed by atoms with Crippen molar-refractivity contribution in [1.82, 2.24) is 19.6 Å². The lowest BCUT2D eigenvalue weighted by Gasteiger charge is -2.36. The Morgan fingerprint density at radius 3 is 1.07 bits per heavy atom. The second-order valence-electron chi connectivity index (χ2n) is 24.5. The van der Waals surface area contributed by atoms with Crippen LogP contribution in [0, 0.1) is 35.5 Å². The summed E-state index contributed by atoms with van der Waals surface area (Å²) in [7, 11) is 17.3. The molecule has 0 heterocycles. The predicted octanol–water partition coefficient (Wildman–Crippen LogP) is 15.4. The Morgan fingerprint density at radius 1 is 0.421 bits per heavy atom. The first kappa shape index (κ1) is 73.0. The molecule has 0 aromatic carbocycles. The number of ether oxygens (including phenoxy) is 2. The van der Waals surface area contributed by atoms with Crippen LogP contribution in [0.1, 0.15) is 182 Å². The molecule has 8 atom stereocenters. The van der Waals surface area contributed by atoms with Crippen LogP contribution in [0.25, 0.3) is 0 Å². The van der Waals surface area contributed by atoms with Crippen LogP contribution in [-0.4, -0.2) is 194 Å². The maximum atomic E-state index is 13.2. The second kappa shape index (κ2) is 47.3. The highest BCUT2D eigenvalue weighted by Gasteiger charge is 2.37. The number of hydrogen-bond acceptors (Lipinski definition) is 14. The standard InChI is InChI=1S/C62H122N4O4S6/c1-51(2)57(73-45-35-63(5)6)33-31-53-27-29-55(49-59(53)75-47-37-65(9)10)61(67)69-39-21-15-19-25-43-71-41-23-17-13-14-18-24-42-72-44-26-20-16-22-40-70-62(68)56-30-28-54(60(50-56)76-48-38-66(11)12)32-34-58(52(3)4)74-46-36-64(7)8/h51-60H,13-50H2,1-12H3. The number of unbranched alkanes of at least 4 members (excludes halogenated alkanes) is 11. The topological polar surface area (TPSA) is 65.6 Å². The van der Waals surface area contributed by atoms with Gasteiger partial charge in [0, 0.05) is 70.2 Å². The SMILES string of the molecule is CC(C)C(CCC1CCC(C(=O)OCCCCCCSCCCCCCCCSCCCCCCOC(=O)C2CCC(CCC(SCCN(C)C)C(C)C)C(SCCN(C)C)C2)CC1SCCN(C)C)SCCN(C)C. The number of nitrogens with zero attached hydrogens (tertiary/aromatic N) is 4. The molecular weight excluding hydrogens is 1060 g/mol. The van der Waals surface area contributed by atoms with Crippen LogP contribution in [0.4, 0.5) is 0 Å². The monoisotopic (exact) mass is 1180 g/mol. The molecule has 0 aliphatic heterocycles. The third-order valence-corrected chi connectivity index (χ3v) is 24.2. The van der Waals surface area contributed by atoms with Crippen LogP contribution in [-0.2, 0) is 19.1 Å². The zero-order chi connectivity index (χ0) is 55.8. The molecule has 0 bridgehead atoms. The number of thioether (sulfide) groups is 6. The van der Waals surface area contributed by atoms with Crippen molar-refractivity contribution >= 4 is 82.5 Å². The molecule has 14 heteroatoms. The molecule has 2 rings (SSSR count). The minimum atomic E-state index is 0.0778. The molecule has 0 spiro atoms. The molecule has 76 heavy (non-hydrogen) atoms. The summed E-state index contributed by atoms with van der Waals surface area (Å²) < 4.78 is 11.8. The van der Waals surface area contributed by atoms with Crippen LogP contribution in [0.15, 0.2) is 0 Å². The highest BCUT2D eigenvalue weighted by atomic mass is 32.2. The number of esters is 2. The van der Waals surface area contributed by atoms with Crippen LogP contribution in [0.5, 0.6) is 0 Å². The van der Waals surface area contributed by atoms with E-state index in [0.717, 1.165) is 86.7 Å². The van der Waals surface area contributed by atoms with Gasteiger partial charge in [0.1, 0.15) is 0 Å². The van der Waals surface area contributed by atoms with Gasteiger partial charge < -0.3 is 29.1 Å². The van der Waals surface area contributed by atoms with Crippen LogP contribution >= 0.6 is 70.6 Å². The van der Waals surface area contributed by atoms with Gasteiger partial charge in [-0.15, -0.1) is 0 Å². The quantitative estimate of drug-likeness (QED) is 0.0429. The van der Waals surface area contributed by atoms with Gasteiger partial charge in [0.15, 0.2) is 0 Å². The van der Waals surface area contributed by atoms with E-state index in [1.165, 1.54) is 150 Å². The van der Waals surface area contributed by atoms with Crippen molar-refractivity contribution in [3.05, 3.63) is 0 Å². The molecular formula is C62H122N4O4S6. The molecule has 0 amide bonds. The van der Waals surface area contributed by atoms with E-state index in [4.69, 9.17) is 9.47 Å². The summed E-state index contributed by atoms with van der Waals surface area (Å²) in [6.07, 6.45) is 29.2. The Balaban J connectivity index is 1.43. The molecule has 8 nitrogen and oxygen atoms in total. The Morgan fingerprint density at radius 2 is 0.737 bits per heavy atom. The predicted molar refractivity (Wildman–Crippen MR) is 350 cm³/mol. The molecule has 2 fully saturated rings. The van der Waals surface area contributed by atoms with Gasteiger partial charge in [0.25, 0.3) is 0 Å². The van der Waals surface area contributed by atoms with Crippen molar-refractivity contribution in [1.29, 1.82) is 0 Å². The van der Waals surface area contributed by atoms with Crippen LogP contribution in [0.2, 0.25) is 0 Å². The Bertz CT molecular complexity index is 1280. The molecule has 2 saturated carbocycles. The van der Waals surface area contributed by atoms with Crippen molar-refractivity contribution in [2.24, 2.45) is 35.5 Å². The summed E-state index contributed by atoms with van der Waals surface area (Å²) >= 11 is 12.9. The van der Waals surface area contributed by atoms with E-state index in [1.54, 1.807) is 0 Å². The zero-order valence-electron chi connectivity index (χ0n) is 51.5. The first-order valence-electron chi connectivity index (χ1n) is 31.1. The zero-order valence-corrected chi connectivity index (χ0v) is 56.4. The molecule has 2 aliphatic rings. The fraction of sp³-hybridized carbons (Fsp3) is 0.968. The van der Waals surface area contributed by atoms with Gasteiger partial charge in [0.05, 0.1) is 25.0 Å². The molecule has 450 valence electrons. The first-order valence-corrected chi connectivity index (χ1v) is 37.6. The van der Waals surface area contributed by atoms with Crippen molar-refractivity contribution in [3.63, 3.8) is 0 Å². The molecule has 0 aromatic rings. The van der Waals surface area contributed by atoms with Gasteiger partial charge in [-0.2, -0.15) is 70.6 Å². The maximum Gasteiger partial charge on any atom is 0.308 e. The van der Waals surface area contributed by atoms with Gasteiger partial charge in [0.2, 0.25) is 0 Å². The average molecular weight is 1180 g/mol. The minimum Gasteiger partial charge on any atom is -0.465 e. The van der Waals surface area contributed by atoms with E-state index in [-0.39, 0.29) is 23.8 Å². The van der Waals surface area contributed by atoms with Crippen molar-refractivity contribution in [2.45, 2.75) is 203 Å².